The highest BCUT2D eigenvalue weighted by Crippen LogP contribution is 2.40. The van der Waals surface area contributed by atoms with Crippen molar-refractivity contribution in [2.75, 3.05) is 0 Å². The number of oxime groups is 1. The van der Waals surface area contributed by atoms with E-state index in [0.29, 0.717) is 6.42 Å². The Hall–Kier alpha value is -2.17. The van der Waals surface area contributed by atoms with Crippen molar-refractivity contribution in [1.82, 2.24) is 5.32 Å². The molecule has 1 aliphatic carbocycles. The number of carbonyl (C=O) groups is 2. The number of rotatable bonds is 3. The number of benzene rings is 1. The Balaban J connectivity index is 1.88. The van der Waals surface area contributed by atoms with Gasteiger partial charge in [-0.05, 0) is 12.0 Å². The standard InChI is InChI=1S/C15H16N2O3/c1-9(19)16-12-7-11(8-18)13-14(17-20-15(12)13)10-5-3-2-4-6-10/h2-6,8,11-13,15H,7H2,1H3,(H,16,19)/t11-,12-,13+,15+/m0/s1. The fraction of sp³-hybridized carbons (Fsp3) is 0.400. The summed E-state index contributed by atoms with van der Waals surface area (Å²) in [6.07, 6.45) is 1.31. The van der Waals surface area contributed by atoms with Crippen molar-refractivity contribution >= 4 is 17.9 Å². The Morgan fingerprint density at radius 2 is 2.15 bits per heavy atom. The fourth-order valence-electron chi connectivity index (χ4n) is 3.14. The molecule has 1 heterocycles. The van der Waals surface area contributed by atoms with Crippen LogP contribution in [0.2, 0.25) is 0 Å². The second-order valence-electron chi connectivity index (χ2n) is 5.28. The van der Waals surface area contributed by atoms with E-state index in [9.17, 15) is 9.59 Å². The Kier molecular flexibility index (Phi) is 3.26. The van der Waals surface area contributed by atoms with E-state index >= 15 is 0 Å². The van der Waals surface area contributed by atoms with Crippen molar-refractivity contribution < 1.29 is 14.4 Å². The van der Waals surface area contributed by atoms with Crippen LogP contribution in [0.3, 0.4) is 0 Å². The number of aldehydes is 1. The monoisotopic (exact) mass is 272 g/mol. The van der Waals surface area contributed by atoms with Gasteiger partial charge in [0.25, 0.3) is 0 Å². The van der Waals surface area contributed by atoms with Gasteiger partial charge in [-0.15, -0.1) is 0 Å². The number of fused-ring (bicyclic) bond motifs is 1. The molecule has 1 N–H and O–H groups in total. The average Bonchev–Trinajstić information content (AvgIpc) is 3.00. The van der Waals surface area contributed by atoms with Gasteiger partial charge in [0.1, 0.15) is 6.29 Å². The highest BCUT2D eigenvalue weighted by atomic mass is 16.6. The Morgan fingerprint density at radius 3 is 2.80 bits per heavy atom. The summed E-state index contributed by atoms with van der Waals surface area (Å²) in [5.74, 6) is -0.359. The zero-order chi connectivity index (χ0) is 14.1. The van der Waals surface area contributed by atoms with Crippen molar-refractivity contribution in [2.24, 2.45) is 17.0 Å². The predicted octanol–water partition coefficient (Wildman–Crippen LogP) is 1.13. The summed E-state index contributed by atoms with van der Waals surface area (Å²) in [5.41, 5.74) is 1.77. The molecule has 0 saturated heterocycles. The van der Waals surface area contributed by atoms with Gasteiger partial charge in [-0.2, -0.15) is 0 Å². The molecule has 0 spiro atoms. The molecule has 1 fully saturated rings. The van der Waals surface area contributed by atoms with E-state index in [1.807, 2.05) is 30.3 Å². The van der Waals surface area contributed by atoms with Crippen LogP contribution >= 0.6 is 0 Å². The van der Waals surface area contributed by atoms with Crippen molar-refractivity contribution in [3.8, 4) is 0 Å². The third-order valence-corrected chi connectivity index (χ3v) is 3.96. The number of carbonyl (C=O) groups excluding carboxylic acids is 2. The van der Waals surface area contributed by atoms with Gasteiger partial charge in [-0.25, -0.2) is 0 Å². The van der Waals surface area contributed by atoms with E-state index < -0.39 is 0 Å². The first-order valence-electron chi connectivity index (χ1n) is 6.72. The second-order valence-corrected chi connectivity index (χ2v) is 5.28. The first kappa shape index (κ1) is 12.8. The molecule has 0 bridgehead atoms. The SMILES string of the molecule is CC(=O)N[C@H]1C[C@@H](C=O)[C@@H]2C(c3ccccc3)=NO[C@@H]21. The smallest absolute Gasteiger partial charge is 0.217 e. The minimum atomic E-state index is -0.246. The van der Waals surface area contributed by atoms with Crippen LogP contribution in [-0.4, -0.2) is 30.1 Å². The number of hydrogen-bond acceptors (Lipinski definition) is 4. The van der Waals surface area contributed by atoms with Crippen LogP contribution < -0.4 is 5.32 Å². The molecule has 4 atom stereocenters. The molecule has 3 rings (SSSR count). The molecule has 1 amide bonds. The summed E-state index contributed by atoms with van der Waals surface area (Å²) < 4.78 is 0. The molecule has 1 aromatic rings. The molecule has 1 saturated carbocycles. The van der Waals surface area contributed by atoms with Crippen molar-refractivity contribution in [1.29, 1.82) is 0 Å². The van der Waals surface area contributed by atoms with Crippen LogP contribution in [0.15, 0.2) is 35.5 Å². The second kappa shape index (κ2) is 5.07. The van der Waals surface area contributed by atoms with Crippen LogP contribution in [0, 0.1) is 11.8 Å². The fourth-order valence-corrected chi connectivity index (χ4v) is 3.14. The van der Waals surface area contributed by atoms with Gasteiger partial charge in [0.05, 0.1) is 17.7 Å². The summed E-state index contributed by atoms with van der Waals surface area (Å²) in [7, 11) is 0. The zero-order valence-electron chi connectivity index (χ0n) is 11.2. The summed E-state index contributed by atoms with van der Waals surface area (Å²) in [4.78, 5) is 28.1. The lowest BCUT2D eigenvalue weighted by molar-refractivity contribution is -0.120. The topological polar surface area (TPSA) is 67.8 Å². The maximum atomic E-state index is 11.3. The molecule has 20 heavy (non-hydrogen) atoms. The first-order chi connectivity index (χ1) is 9.70. The first-order valence-corrected chi connectivity index (χ1v) is 6.72. The maximum absolute atomic E-state index is 11.3. The molecule has 5 nitrogen and oxygen atoms in total. The minimum absolute atomic E-state index is 0.0771. The quantitative estimate of drug-likeness (QED) is 0.839. The van der Waals surface area contributed by atoms with E-state index in [2.05, 4.69) is 10.5 Å². The van der Waals surface area contributed by atoms with E-state index in [-0.39, 0.29) is 29.9 Å². The lowest BCUT2D eigenvalue weighted by Crippen LogP contribution is -2.40. The molecule has 1 aromatic carbocycles. The van der Waals surface area contributed by atoms with E-state index in [1.165, 1.54) is 6.92 Å². The normalized spacial score (nSPS) is 31.1. The third-order valence-electron chi connectivity index (χ3n) is 3.96. The molecular formula is C15H16N2O3. The van der Waals surface area contributed by atoms with Crippen molar-refractivity contribution in [3.05, 3.63) is 35.9 Å². The summed E-state index contributed by atoms with van der Waals surface area (Å²) in [6, 6.07) is 9.56. The van der Waals surface area contributed by atoms with Gasteiger partial charge in [0, 0.05) is 12.8 Å². The number of amides is 1. The van der Waals surface area contributed by atoms with Crippen LogP contribution in [0.5, 0.6) is 0 Å². The van der Waals surface area contributed by atoms with Crippen LogP contribution in [-0.2, 0) is 14.4 Å². The van der Waals surface area contributed by atoms with Crippen molar-refractivity contribution in [3.63, 3.8) is 0 Å². The highest BCUT2D eigenvalue weighted by Gasteiger charge is 2.51. The van der Waals surface area contributed by atoms with Gasteiger partial charge < -0.3 is 14.9 Å². The van der Waals surface area contributed by atoms with E-state index in [0.717, 1.165) is 17.6 Å². The number of nitrogens with one attached hydrogen (secondary N) is 1. The molecule has 0 radical (unpaired) electrons. The van der Waals surface area contributed by atoms with Crippen LogP contribution in [0.25, 0.3) is 0 Å². The van der Waals surface area contributed by atoms with E-state index in [1.54, 1.807) is 0 Å². The lowest BCUT2D eigenvalue weighted by atomic mass is 9.88. The van der Waals surface area contributed by atoms with Gasteiger partial charge in [-0.3, -0.25) is 4.79 Å². The Bertz CT molecular complexity index is 555. The predicted molar refractivity (Wildman–Crippen MR) is 73.1 cm³/mol. The maximum Gasteiger partial charge on any atom is 0.217 e. The Labute approximate surface area is 117 Å². The lowest BCUT2D eigenvalue weighted by Gasteiger charge is -2.17. The summed E-state index contributed by atoms with van der Waals surface area (Å²) >= 11 is 0. The number of nitrogens with zero attached hydrogens (tertiary/aromatic N) is 1. The van der Waals surface area contributed by atoms with Gasteiger partial charge in [0.2, 0.25) is 5.91 Å². The largest absolute Gasteiger partial charge is 0.389 e. The van der Waals surface area contributed by atoms with Gasteiger partial charge in [0.15, 0.2) is 6.10 Å². The summed E-state index contributed by atoms with van der Waals surface area (Å²) in [6.45, 7) is 1.47. The van der Waals surface area contributed by atoms with Crippen LogP contribution in [0.4, 0.5) is 0 Å². The molecule has 104 valence electrons. The highest BCUT2D eigenvalue weighted by molar-refractivity contribution is 6.04. The number of hydrogen-bond donors (Lipinski definition) is 1. The molecular weight excluding hydrogens is 256 g/mol. The molecule has 5 heteroatoms. The van der Waals surface area contributed by atoms with Crippen LogP contribution in [0.1, 0.15) is 18.9 Å². The Morgan fingerprint density at radius 1 is 1.40 bits per heavy atom. The minimum Gasteiger partial charge on any atom is -0.389 e. The summed E-state index contributed by atoms with van der Waals surface area (Å²) in [5, 5.41) is 7.01. The van der Waals surface area contributed by atoms with Crippen molar-refractivity contribution in [2.45, 2.75) is 25.5 Å². The van der Waals surface area contributed by atoms with Gasteiger partial charge >= 0.3 is 0 Å². The van der Waals surface area contributed by atoms with Gasteiger partial charge in [-0.1, -0.05) is 35.5 Å². The average molecular weight is 272 g/mol. The molecule has 0 aromatic heterocycles. The zero-order valence-corrected chi connectivity index (χ0v) is 11.2. The molecule has 2 aliphatic rings. The van der Waals surface area contributed by atoms with E-state index in [4.69, 9.17) is 4.84 Å². The molecule has 0 unspecified atom stereocenters. The third kappa shape index (κ3) is 2.09. The molecule has 1 aliphatic heterocycles.